The van der Waals surface area contributed by atoms with Gasteiger partial charge in [0.15, 0.2) is 0 Å². The van der Waals surface area contributed by atoms with Crippen LogP contribution < -0.4 is 0 Å². The van der Waals surface area contributed by atoms with Crippen LogP contribution in [0.1, 0.15) is 26.3 Å². The molecule has 124 valence electrons. The molecule has 0 aliphatic rings. The summed E-state index contributed by atoms with van der Waals surface area (Å²) in [4.78, 5) is 0. The summed E-state index contributed by atoms with van der Waals surface area (Å²) in [6, 6.07) is 20.0. The van der Waals surface area contributed by atoms with E-state index in [0.717, 1.165) is 0 Å². The lowest BCUT2D eigenvalue weighted by Crippen LogP contribution is -2.12. The van der Waals surface area contributed by atoms with Gasteiger partial charge in [-0.1, -0.05) is 57.2 Å². The third-order valence-electron chi connectivity index (χ3n) is 5.29. The third kappa shape index (κ3) is 1.95. The fourth-order valence-electron chi connectivity index (χ4n) is 4.27. The zero-order chi connectivity index (χ0) is 17.3. The van der Waals surface area contributed by atoms with Crippen LogP contribution in [0, 0.1) is 0 Å². The first-order valence-electron chi connectivity index (χ1n) is 8.78. The molecule has 0 saturated carbocycles. The molecule has 2 heterocycles. The Hall–Kier alpha value is -2.32. The minimum atomic E-state index is 0.0751. The number of para-hydroxylation sites is 1. The molecule has 3 aromatic carbocycles. The predicted octanol–water partition coefficient (Wildman–Crippen LogP) is 7.00. The van der Waals surface area contributed by atoms with Gasteiger partial charge < -0.3 is 4.57 Å². The maximum Gasteiger partial charge on any atom is 0.0506 e. The van der Waals surface area contributed by atoms with E-state index in [1.54, 1.807) is 0 Å². The molecule has 0 atom stereocenters. The Kier molecular flexibility index (Phi) is 2.91. The highest BCUT2D eigenvalue weighted by molar-refractivity contribution is 7.26. The second-order valence-electron chi connectivity index (χ2n) is 7.94. The molecule has 0 spiro atoms. The zero-order valence-electron chi connectivity index (χ0n) is 15.1. The molecule has 5 aromatic rings. The van der Waals surface area contributed by atoms with Gasteiger partial charge in [0.25, 0.3) is 0 Å². The van der Waals surface area contributed by atoms with Gasteiger partial charge in [0, 0.05) is 43.5 Å². The largest absolute Gasteiger partial charge is 0.344 e. The molecule has 2 aromatic heterocycles. The van der Waals surface area contributed by atoms with E-state index in [4.69, 9.17) is 0 Å². The number of hydrogen-bond donors (Lipinski definition) is 0. The molecule has 5 rings (SSSR count). The van der Waals surface area contributed by atoms with Crippen molar-refractivity contribution in [3.63, 3.8) is 0 Å². The molecule has 0 N–H and O–H groups in total. The number of thiophene rings is 1. The number of aromatic nitrogens is 1. The first-order chi connectivity index (χ1) is 12.0. The number of aryl methyl sites for hydroxylation is 1. The smallest absolute Gasteiger partial charge is 0.0506 e. The first kappa shape index (κ1) is 15.0. The van der Waals surface area contributed by atoms with Crippen molar-refractivity contribution in [2.75, 3.05) is 0 Å². The number of fused-ring (bicyclic) bond motifs is 6. The third-order valence-corrected chi connectivity index (χ3v) is 6.41. The van der Waals surface area contributed by atoms with E-state index in [9.17, 15) is 0 Å². The van der Waals surface area contributed by atoms with Gasteiger partial charge in [-0.05, 0) is 29.2 Å². The summed E-state index contributed by atoms with van der Waals surface area (Å²) in [5, 5.41) is 5.61. The van der Waals surface area contributed by atoms with Crippen molar-refractivity contribution in [1.82, 2.24) is 4.57 Å². The van der Waals surface area contributed by atoms with Crippen molar-refractivity contribution in [1.29, 1.82) is 0 Å². The first-order valence-corrected chi connectivity index (χ1v) is 9.60. The molecule has 0 aliphatic heterocycles. The Balaban J connectivity index is 2.17. The lowest BCUT2D eigenvalue weighted by molar-refractivity contribution is 0.602. The van der Waals surface area contributed by atoms with Crippen LogP contribution in [0.15, 0.2) is 54.6 Å². The summed E-state index contributed by atoms with van der Waals surface area (Å²) in [7, 11) is 2.19. The second kappa shape index (κ2) is 4.86. The molecular weight excluding hydrogens is 322 g/mol. The Morgan fingerprint density at radius 2 is 1.44 bits per heavy atom. The topological polar surface area (TPSA) is 4.93 Å². The minimum absolute atomic E-state index is 0.0751. The fraction of sp³-hybridized carbons (Fsp3) is 0.217. The maximum atomic E-state index is 2.39. The second-order valence-corrected chi connectivity index (χ2v) is 9.03. The lowest BCUT2D eigenvalue weighted by Gasteiger charge is -2.22. The van der Waals surface area contributed by atoms with Gasteiger partial charge in [-0.15, -0.1) is 11.3 Å². The molecule has 0 amide bonds. The highest BCUT2D eigenvalue weighted by Crippen LogP contribution is 2.46. The molecule has 1 nitrogen and oxygen atoms in total. The Morgan fingerprint density at radius 3 is 2.20 bits per heavy atom. The SMILES string of the molecule is Cn1c2ccccc2c2c(C(C)(C)C)c3c(cc21)sc1ccccc13. The predicted molar refractivity (Wildman–Crippen MR) is 112 cm³/mol. The molecule has 0 unspecified atom stereocenters. The standard InChI is InChI=1S/C23H21NS/c1-23(2,3)22-20-14-9-5-7-11-16(14)24(4)17(20)13-19-21(22)15-10-6-8-12-18(15)25-19/h5-13H,1-4H3. The Labute approximate surface area is 151 Å². The van der Waals surface area contributed by atoms with E-state index in [-0.39, 0.29) is 5.41 Å². The van der Waals surface area contributed by atoms with Crippen molar-refractivity contribution < 1.29 is 0 Å². The lowest BCUT2D eigenvalue weighted by atomic mass is 9.81. The zero-order valence-corrected chi connectivity index (χ0v) is 15.9. The van der Waals surface area contributed by atoms with Gasteiger partial charge in [-0.3, -0.25) is 0 Å². The van der Waals surface area contributed by atoms with Gasteiger partial charge >= 0.3 is 0 Å². The van der Waals surface area contributed by atoms with Crippen LogP contribution in [0.4, 0.5) is 0 Å². The quantitative estimate of drug-likeness (QED) is 0.285. The number of nitrogens with zero attached hydrogens (tertiary/aromatic N) is 1. The van der Waals surface area contributed by atoms with Crippen molar-refractivity contribution in [2.24, 2.45) is 7.05 Å². The summed E-state index contributed by atoms with van der Waals surface area (Å²) in [6.45, 7) is 7.03. The number of hydrogen-bond acceptors (Lipinski definition) is 1. The van der Waals surface area contributed by atoms with Gasteiger partial charge in [0.05, 0.1) is 5.52 Å². The van der Waals surface area contributed by atoms with E-state index in [0.29, 0.717) is 0 Å². The molecule has 2 heteroatoms. The van der Waals surface area contributed by atoms with E-state index in [1.807, 2.05) is 11.3 Å². The summed E-state index contributed by atoms with van der Waals surface area (Å²) >= 11 is 1.91. The van der Waals surface area contributed by atoms with Gasteiger partial charge in [-0.2, -0.15) is 0 Å². The van der Waals surface area contributed by atoms with Crippen molar-refractivity contribution in [2.45, 2.75) is 26.2 Å². The number of rotatable bonds is 0. The average Bonchev–Trinajstić information content (AvgIpc) is 3.09. The van der Waals surface area contributed by atoms with Crippen LogP contribution in [0.25, 0.3) is 42.0 Å². The maximum absolute atomic E-state index is 2.39. The van der Waals surface area contributed by atoms with Crippen LogP contribution in [-0.4, -0.2) is 4.57 Å². The highest BCUT2D eigenvalue weighted by Gasteiger charge is 2.25. The molecule has 0 saturated heterocycles. The monoisotopic (exact) mass is 343 g/mol. The van der Waals surface area contributed by atoms with Crippen molar-refractivity contribution in [3.05, 3.63) is 60.2 Å². The molecular formula is C23H21NS. The van der Waals surface area contributed by atoms with E-state index in [1.165, 1.54) is 47.5 Å². The highest BCUT2D eigenvalue weighted by atomic mass is 32.1. The Morgan fingerprint density at radius 1 is 0.760 bits per heavy atom. The van der Waals surface area contributed by atoms with Crippen molar-refractivity contribution >= 4 is 53.3 Å². The van der Waals surface area contributed by atoms with E-state index in [2.05, 4.69) is 87.0 Å². The Bertz CT molecular complexity index is 1280. The molecule has 0 aliphatic carbocycles. The summed E-state index contributed by atoms with van der Waals surface area (Å²) in [6.07, 6.45) is 0. The van der Waals surface area contributed by atoms with E-state index < -0.39 is 0 Å². The molecule has 0 bridgehead atoms. The molecule has 0 fully saturated rings. The molecule has 25 heavy (non-hydrogen) atoms. The number of benzene rings is 3. The van der Waals surface area contributed by atoms with E-state index >= 15 is 0 Å². The van der Waals surface area contributed by atoms with Crippen LogP contribution >= 0.6 is 11.3 Å². The summed E-state index contributed by atoms with van der Waals surface area (Å²) in [5.74, 6) is 0. The van der Waals surface area contributed by atoms with Gasteiger partial charge in [0.2, 0.25) is 0 Å². The summed E-state index contributed by atoms with van der Waals surface area (Å²) in [5.41, 5.74) is 4.20. The molecule has 0 radical (unpaired) electrons. The summed E-state index contributed by atoms with van der Waals surface area (Å²) < 4.78 is 5.12. The van der Waals surface area contributed by atoms with Crippen LogP contribution in [-0.2, 0) is 12.5 Å². The van der Waals surface area contributed by atoms with Gasteiger partial charge in [-0.25, -0.2) is 0 Å². The van der Waals surface area contributed by atoms with Crippen LogP contribution in [0.5, 0.6) is 0 Å². The average molecular weight is 343 g/mol. The van der Waals surface area contributed by atoms with Crippen LogP contribution in [0.2, 0.25) is 0 Å². The van der Waals surface area contributed by atoms with Crippen LogP contribution in [0.3, 0.4) is 0 Å². The fourth-order valence-corrected chi connectivity index (χ4v) is 5.42. The minimum Gasteiger partial charge on any atom is -0.344 e. The van der Waals surface area contributed by atoms with Crippen molar-refractivity contribution in [3.8, 4) is 0 Å². The normalized spacial score (nSPS) is 12.8. The van der Waals surface area contributed by atoms with Gasteiger partial charge in [0.1, 0.15) is 0 Å².